The van der Waals surface area contributed by atoms with Gasteiger partial charge in [-0.2, -0.15) is 0 Å². The molecule has 0 bridgehead atoms. The Hall–Kier alpha value is -1.19. The van der Waals surface area contributed by atoms with Crippen molar-refractivity contribution in [3.05, 3.63) is 35.4 Å². The highest BCUT2D eigenvalue weighted by Crippen LogP contribution is 2.38. The molecule has 2 aliphatic rings. The van der Waals surface area contributed by atoms with Crippen molar-refractivity contribution in [2.24, 2.45) is 0 Å². The second-order valence-corrected chi connectivity index (χ2v) is 6.24. The van der Waals surface area contributed by atoms with Crippen LogP contribution in [0.5, 0.6) is 0 Å². The van der Waals surface area contributed by atoms with Crippen LogP contribution in [0.2, 0.25) is 0 Å². The minimum Gasteiger partial charge on any atom is -0.367 e. The summed E-state index contributed by atoms with van der Waals surface area (Å²) in [5.41, 5.74) is 2.13. The maximum atomic E-state index is 12.9. The fourth-order valence-corrected chi connectivity index (χ4v) is 3.35. The minimum absolute atomic E-state index is 0.179. The van der Waals surface area contributed by atoms with Crippen LogP contribution >= 0.6 is 0 Å². The molecular formula is C18H25NO2. The van der Waals surface area contributed by atoms with E-state index in [0.29, 0.717) is 12.5 Å². The summed E-state index contributed by atoms with van der Waals surface area (Å²) in [6.45, 7) is 5.59. The number of carbonyl (C=O) groups excluding carboxylic acids is 1. The predicted molar refractivity (Wildman–Crippen MR) is 83.8 cm³/mol. The lowest BCUT2D eigenvalue weighted by molar-refractivity contribution is -0.0164. The van der Waals surface area contributed by atoms with Gasteiger partial charge in [-0.1, -0.05) is 37.6 Å². The topological polar surface area (TPSA) is 29.5 Å². The standard InChI is InChI=1S/C18H25NO2/c1-2-10-19-11-12-21-17(13-19)18(20)16-9-4-3-8-15(16)14-6-5-7-14/h3-4,8-9,14,17H,2,5-7,10-13H2,1H3. The van der Waals surface area contributed by atoms with E-state index in [2.05, 4.69) is 24.0 Å². The third kappa shape index (κ3) is 3.19. The molecule has 1 atom stereocenters. The smallest absolute Gasteiger partial charge is 0.193 e. The maximum Gasteiger partial charge on any atom is 0.193 e. The zero-order chi connectivity index (χ0) is 14.7. The Morgan fingerprint density at radius 2 is 2.14 bits per heavy atom. The first kappa shape index (κ1) is 14.7. The normalized spacial score (nSPS) is 23.8. The molecule has 0 spiro atoms. The fraction of sp³-hybridized carbons (Fsp3) is 0.611. The molecule has 1 unspecified atom stereocenters. The first-order chi connectivity index (χ1) is 10.3. The molecule has 2 fully saturated rings. The number of hydrogen-bond donors (Lipinski definition) is 0. The summed E-state index contributed by atoms with van der Waals surface area (Å²) in [4.78, 5) is 15.2. The lowest BCUT2D eigenvalue weighted by Crippen LogP contribution is -2.46. The minimum atomic E-state index is -0.286. The van der Waals surface area contributed by atoms with E-state index in [1.807, 2.05) is 12.1 Å². The zero-order valence-corrected chi connectivity index (χ0v) is 12.9. The maximum absolute atomic E-state index is 12.9. The predicted octanol–water partition coefficient (Wildman–Crippen LogP) is 3.25. The van der Waals surface area contributed by atoms with Gasteiger partial charge < -0.3 is 4.74 Å². The molecule has 1 saturated heterocycles. The van der Waals surface area contributed by atoms with Gasteiger partial charge in [-0.25, -0.2) is 0 Å². The highest BCUT2D eigenvalue weighted by atomic mass is 16.5. The van der Waals surface area contributed by atoms with E-state index >= 15 is 0 Å². The number of benzene rings is 1. The summed E-state index contributed by atoms with van der Waals surface area (Å²) < 4.78 is 5.77. The summed E-state index contributed by atoms with van der Waals surface area (Å²) in [6, 6.07) is 8.14. The Labute approximate surface area is 127 Å². The third-order valence-electron chi connectivity index (χ3n) is 4.75. The van der Waals surface area contributed by atoms with Gasteiger partial charge in [0.05, 0.1) is 6.61 Å². The molecule has 1 aliphatic carbocycles. The van der Waals surface area contributed by atoms with Gasteiger partial charge in [0.1, 0.15) is 6.10 Å². The molecule has 3 heteroatoms. The average Bonchev–Trinajstić information content (AvgIpc) is 2.46. The number of carbonyl (C=O) groups is 1. The summed E-state index contributed by atoms with van der Waals surface area (Å²) in [5.74, 6) is 0.763. The molecule has 1 aromatic rings. The molecule has 1 heterocycles. The highest BCUT2D eigenvalue weighted by Gasteiger charge is 2.30. The Morgan fingerprint density at radius 3 is 2.86 bits per heavy atom. The Bertz CT molecular complexity index is 494. The van der Waals surface area contributed by atoms with E-state index in [0.717, 1.165) is 31.6 Å². The van der Waals surface area contributed by atoms with Crippen LogP contribution in [0.1, 0.15) is 54.4 Å². The highest BCUT2D eigenvalue weighted by molar-refractivity contribution is 6.01. The quantitative estimate of drug-likeness (QED) is 0.779. The Balaban J connectivity index is 1.75. The lowest BCUT2D eigenvalue weighted by Gasteiger charge is -2.33. The van der Waals surface area contributed by atoms with Crippen molar-refractivity contribution in [1.29, 1.82) is 0 Å². The largest absolute Gasteiger partial charge is 0.367 e. The van der Waals surface area contributed by atoms with Gasteiger partial charge in [0.15, 0.2) is 5.78 Å². The molecule has 3 nitrogen and oxygen atoms in total. The van der Waals surface area contributed by atoms with Gasteiger partial charge in [-0.05, 0) is 37.3 Å². The molecule has 0 aromatic heterocycles. The number of hydrogen-bond acceptors (Lipinski definition) is 3. The van der Waals surface area contributed by atoms with Gasteiger partial charge >= 0.3 is 0 Å². The third-order valence-corrected chi connectivity index (χ3v) is 4.75. The Morgan fingerprint density at radius 1 is 1.33 bits per heavy atom. The molecule has 0 N–H and O–H groups in total. The second kappa shape index (κ2) is 6.71. The number of morpholine rings is 1. The van der Waals surface area contributed by atoms with Crippen molar-refractivity contribution in [2.75, 3.05) is 26.2 Å². The van der Waals surface area contributed by atoms with E-state index in [9.17, 15) is 4.79 Å². The fourth-order valence-electron chi connectivity index (χ4n) is 3.35. The van der Waals surface area contributed by atoms with Gasteiger partial charge in [-0.15, -0.1) is 0 Å². The second-order valence-electron chi connectivity index (χ2n) is 6.24. The van der Waals surface area contributed by atoms with Gasteiger partial charge in [0, 0.05) is 18.7 Å². The molecule has 3 rings (SSSR count). The van der Waals surface area contributed by atoms with Crippen LogP contribution in [0.3, 0.4) is 0 Å². The van der Waals surface area contributed by atoms with E-state index in [4.69, 9.17) is 4.74 Å². The van der Waals surface area contributed by atoms with Crippen molar-refractivity contribution in [3.8, 4) is 0 Å². The average molecular weight is 287 g/mol. The zero-order valence-electron chi connectivity index (χ0n) is 12.9. The number of rotatable bonds is 5. The Kier molecular flexibility index (Phi) is 4.71. The summed E-state index contributed by atoms with van der Waals surface area (Å²) >= 11 is 0. The number of ether oxygens (including phenoxy) is 1. The molecule has 114 valence electrons. The number of nitrogens with zero attached hydrogens (tertiary/aromatic N) is 1. The molecule has 0 amide bonds. The van der Waals surface area contributed by atoms with Gasteiger partial charge in [0.2, 0.25) is 0 Å². The van der Waals surface area contributed by atoms with E-state index < -0.39 is 0 Å². The summed E-state index contributed by atoms with van der Waals surface area (Å²) in [7, 11) is 0. The van der Waals surface area contributed by atoms with Crippen molar-refractivity contribution < 1.29 is 9.53 Å². The van der Waals surface area contributed by atoms with Crippen LogP contribution in [-0.4, -0.2) is 43.0 Å². The van der Waals surface area contributed by atoms with Crippen molar-refractivity contribution >= 4 is 5.78 Å². The van der Waals surface area contributed by atoms with Crippen LogP contribution in [0.25, 0.3) is 0 Å². The molecule has 21 heavy (non-hydrogen) atoms. The van der Waals surface area contributed by atoms with Crippen LogP contribution in [-0.2, 0) is 4.74 Å². The molecule has 1 aliphatic heterocycles. The summed E-state index contributed by atoms with van der Waals surface area (Å²) in [5, 5.41) is 0. The number of Topliss-reactive ketones (excluding diaryl/α,β-unsaturated/α-hetero) is 1. The molecule has 1 aromatic carbocycles. The number of ketones is 1. The monoisotopic (exact) mass is 287 g/mol. The molecular weight excluding hydrogens is 262 g/mol. The van der Waals surface area contributed by atoms with Gasteiger partial charge in [0.25, 0.3) is 0 Å². The summed E-state index contributed by atoms with van der Waals surface area (Å²) in [6.07, 6.45) is 4.57. The van der Waals surface area contributed by atoms with E-state index in [1.165, 1.54) is 24.8 Å². The molecule has 0 radical (unpaired) electrons. The van der Waals surface area contributed by atoms with Crippen LogP contribution in [0.4, 0.5) is 0 Å². The first-order valence-electron chi connectivity index (χ1n) is 8.26. The van der Waals surface area contributed by atoms with E-state index in [-0.39, 0.29) is 11.9 Å². The van der Waals surface area contributed by atoms with Crippen molar-refractivity contribution in [1.82, 2.24) is 4.90 Å². The van der Waals surface area contributed by atoms with Crippen LogP contribution in [0, 0.1) is 0 Å². The van der Waals surface area contributed by atoms with Crippen LogP contribution < -0.4 is 0 Å². The molecule has 1 saturated carbocycles. The van der Waals surface area contributed by atoms with Crippen molar-refractivity contribution in [3.63, 3.8) is 0 Å². The first-order valence-corrected chi connectivity index (χ1v) is 8.26. The van der Waals surface area contributed by atoms with Crippen molar-refractivity contribution in [2.45, 2.75) is 44.6 Å². The van der Waals surface area contributed by atoms with Gasteiger partial charge in [-0.3, -0.25) is 9.69 Å². The lowest BCUT2D eigenvalue weighted by atomic mass is 9.77. The van der Waals surface area contributed by atoms with Crippen LogP contribution in [0.15, 0.2) is 24.3 Å². The van der Waals surface area contributed by atoms with E-state index in [1.54, 1.807) is 0 Å². The SMILES string of the molecule is CCCN1CCOC(C(=O)c2ccccc2C2CCC2)C1.